The minimum atomic E-state index is -0.444. The van der Waals surface area contributed by atoms with E-state index in [4.69, 9.17) is 21.1 Å². The zero-order valence-corrected chi connectivity index (χ0v) is 13.6. The molecule has 1 N–H and O–H groups in total. The van der Waals surface area contributed by atoms with E-state index in [1.807, 2.05) is 29.3 Å². The first-order chi connectivity index (χ1) is 11.2. The number of carbonyl (C=O) groups excluding carboxylic acids is 1. The number of amides is 1. The molecule has 5 nitrogen and oxygen atoms in total. The van der Waals surface area contributed by atoms with Crippen molar-refractivity contribution in [3.8, 4) is 0 Å². The third kappa shape index (κ3) is 2.73. The van der Waals surface area contributed by atoms with Gasteiger partial charge in [0.2, 0.25) is 5.91 Å². The molecule has 23 heavy (non-hydrogen) atoms. The molecule has 0 unspecified atom stereocenters. The molecule has 1 amide bonds. The Morgan fingerprint density at radius 1 is 1.26 bits per heavy atom. The van der Waals surface area contributed by atoms with Crippen LogP contribution in [0, 0.1) is 0 Å². The van der Waals surface area contributed by atoms with Crippen molar-refractivity contribution in [1.82, 2.24) is 9.88 Å². The Bertz CT molecular complexity index is 727. The molecule has 2 fully saturated rings. The van der Waals surface area contributed by atoms with E-state index in [1.54, 1.807) is 0 Å². The highest BCUT2D eigenvalue weighted by atomic mass is 35.5. The zero-order valence-electron chi connectivity index (χ0n) is 12.8. The van der Waals surface area contributed by atoms with Crippen molar-refractivity contribution in [2.75, 3.05) is 26.3 Å². The number of fused-ring (bicyclic) bond motifs is 1. The molecule has 1 spiro atoms. The number of piperidine rings is 1. The van der Waals surface area contributed by atoms with Crippen molar-refractivity contribution in [3.63, 3.8) is 0 Å². The number of rotatable bonds is 2. The number of aromatic amines is 1. The van der Waals surface area contributed by atoms with E-state index in [2.05, 4.69) is 4.98 Å². The Hall–Kier alpha value is -1.56. The lowest BCUT2D eigenvalue weighted by Gasteiger charge is -2.37. The Kier molecular flexibility index (Phi) is 3.79. The van der Waals surface area contributed by atoms with Gasteiger partial charge in [0.05, 0.1) is 24.7 Å². The van der Waals surface area contributed by atoms with Gasteiger partial charge in [0, 0.05) is 43.0 Å². The predicted octanol–water partition coefficient (Wildman–Crippen LogP) is 2.73. The summed E-state index contributed by atoms with van der Waals surface area (Å²) in [6.45, 7) is 2.66. The first kappa shape index (κ1) is 15.0. The summed E-state index contributed by atoms with van der Waals surface area (Å²) in [7, 11) is 0. The first-order valence-corrected chi connectivity index (χ1v) is 8.35. The van der Waals surface area contributed by atoms with E-state index in [0.717, 1.165) is 29.3 Å². The molecule has 0 bridgehead atoms. The zero-order chi connectivity index (χ0) is 15.9. The molecular formula is C17H19ClN2O3. The SMILES string of the molecule is O=C(Cc1c[nH]c2cccc(Cl)c12)N1CCC2(CC1)OCCO2. The minimum absolute atomic E-state index is 0.124. The van der Waals surface area contributed by atoms with Crippen LogP contribution in [0.1, 0.15) is 18.4 Å². The third-order valence-corrected chi connectivity index (χ3v) is 5.08. The lowest BCUT2D eigenvalue weighted by molar-refractivity contribution is -0.187. The molecular weight excluding hydrogens is 316 g/mol. The van der Waals surface area contributed by atoms with Gasteiger partial charge >= 0.3 is 0 Å². The highest BCUT2D eigenvalue weighted by molar-refractivity contribution is 6.35. The molecule has 2 aliphatic rings. The van der Waals surface area contributed by atoms with Crippen molar-refractivity contribution < 1.29 is 14.3 Å². The van der Waals surface area contributed by atoms with Crippen LogP contribution in [0.3, 0.4) is 0 Å². The topological polar surface area (TPSA) is 54.6 Å². The van der Waals surface area contributed by atoms with Gasteiger partial charge in [-0.1, -0.05) is 17.7 Å². The van der Waals surface area contributed by atoms with Crippen molar-refractivity contribution in [2.45, 2.75) is 25.0 Å². The van der Waals surface area contributed by atoms with Gasteiger partial charge in [-0.3, -0.25) is 4.79 Å². The highest BCUT2D eigenvalue weighted by Gasteiger charge is 2.40. The maximum atomic E-state index is 12.6. The third-order valence-electron chi connectivity index (χ3n) is 4.77. The average Bonchev–Trinajstić information content (AvgIpc) is 3.17. The van der Waals surface area contributed by atoms with E-state index in [-0.39, 0.29) is 5.91 Å². The van der Waals surface area contributed by atoms with Crippen molar-refractivity contribution in [1.29, 1.82) is 0 Å². The molecule has 0 radical (unpaired) electrons. The van der Waals surface area contributed by atoms with Gasteiger partial charge in [0.1, 0.15) is 0 Å². The molecule has 1 aromatic heterocycles. The fraction of sp³-hybridized carbons (Fsp3) is 0.471. The van der Waals surface area contributed by atoms with Gasteiger partial charge in [-0.25, -0.2) is 0 Å². The fourth-order valence-corrected chi connectivity index (χ4v) is 3.80. The summed E-state index contributed by atoms with van der Waals surface area (Å²) >= 11 is 6.28. The van der Waals surface area contributed by atoms with E-state index in [9.17, 15) is 4.79 Å². The maximum Gasteiger partial charge on any atom is 0.227 e. The summed E-state index contributed by atoms with van der Waals surface area (Å²) < 4.78 is 11.4. The van der Waals surface area contributed by atoms with Crippen LogP contribution in [-0.4, -0.2) is 47.9 Å². The number of likely N-dealkylation sites (tertiary alicyclic amines) is 1. The van der Waals surface area contributed by atoms with Crippen molar-refractivity contribution >= 4 is 28.4 Å². The van der Waals surface area contributed by atoms with Gasteiger partial charge in [-0.15, -0.1) is 0 Å². The van der Waals surface area contributed by atoms with E-state index in [1.165, 1.54) is 0 Å². The fourth-order valence-electron chi connectivity index (χ4n) is 3.50. The highest BCUT2D eigenvalue weighted by Crippen LogP contribution is 2.32. The van der Waals surface area contributed by atoms with Crippen molar-refractivity contribution in [3.05, 3.63) is 35.0 Å². The van der Waals surface area contributed by atoms with Gasteiger partial charge in [-0.05, 0) is 17.7 Å². The predicted molar refractivity (Wildman–Crippen MR) is 87.5 cm³/mol. The molecule has 3 heterocycles. The summed E-state index contributed by atoms with van der Waals surface area (Å²) in [6, 6.07) is 5.72. The van der Waals surface area contributed by atoms with Gasteiger partial charge in [0.25, 0.3) is 0 Å². The lowest BCUT2D eigenvalue weighted by Crippen LogP contribution is -2.47. The van der Waals surface area contributed by atoms with Crippen molar-refractivity contribution in [2.24, 2.45) is 0 Å². The number of aromatic nitrogens is 1. The Balaban J connectivity index is 1.46. The van der Waals surface area contributed by atoms with Crippen LogP contribution in [0.25, 0.3) is 10.9 Å². The summed E-state index contributed by atoms with van der Waals surface area (Å²) in [6.07, 6.45) is 3.72. The van der Waals surface area contributed by atoms with Gasteiger partial charge in [0.15, 0.2) is 5.79 Å². The summed E-state index contributed by atoms with van der Waals surface area (Å²) in [4.78, 5) is 17.7. The molecule has 4 rings (SSSR count). The number of nitrogens with one attached hydrogen (secondary N) is 1. The second-order valence-corrected chi connectivity index (χ2v) is 6.55. The lowest BCUT2D eigenvalue weighted by atomic mass is 10.0. The number of benzene rings is 1. The molecule has 2 aliphatic heterocycles. The molecule has 0 atom stereocenters. The molecule has 0 saturated carbocycles. The monoisotopic (exact) mass is 334 g/mol. The molecule has 2 aromatic rings. The summed E-state index contributed by atoms with van der Waals surface area (Å²) in [5.41, 5.74) is 1.91. The molecule has 2 saturated heterocycles. The molecule has 6 heteroatoms. The average molecular weight is 335 g/mol. The minimum Gasteiger partial charge on any atom is -0.361 e. The van der Waals surface area contributed by atoms with Gasteiger partial charge < -0.3 is 19.4 Å². The molecule has 0 aliphatic carbocycles. The smallest absolute Gasteiger partial charge is 0.227 e. The van der Waals surface area contributed by atoms with Crippen LogP contribution in [-0.2, 0) is 20.7 Å². The van der Waals surface area contributed by atoms with Gasteiger partial charge in [-0.2, -0.15) is 0 Å². The maximum absolute atomic E-state index is 12.6. The number of ether oxygens (including phenoxy) is 2. The van der Waals surface area contributed by atoms with Crippen LogP contribution in [0.5, 0.6) is 0 Å². The Labute approximate surface area is 139 Å². The van der Waals surface area contributed by atoms with E-state index >= 15 is 0 Å². The second kappa shape index (κ2) is 5.82. The first-order valence-electron chi connectivity index (χ1n) is 7.97. The van der Waals surface area contributed by atoms with Crippen LogP contribution < -0.4 is 0 Å². The van der Waals surface area contributed by atoms with Crippen LogP contribution >= 0.6 is 11.6 Å². The number of nitrogens with zero attached hydrogens (tertiary/aromatic N) is 1. The summed E-state index contributed by atoms with van der Waals surface area (Å²) in [5.74, 6) is -0.320. The molecule has 1 aromatic carbocycles. The van der Waals surface area contributed by atoms with Crippen LogP contribution in [0.2, 0.25) is 5.02 Å². The number of hydrogen-bond donors (Lipinski definition) is 1. The number of carbonyl (C=O) groups is 1. The largest absolute Gasteiger partial charge is 0.361 e. The second-order valence-electron chi connectivity index (χ2n) is 6.14. The van der Waals surface area contributed by atoms with Crippen LogP contribution in [0.4, 0.5) is 0 Å². The summed E-state index contributed by atoms with van der Waals surface area (Å²) in [5, 5.41) is 1.62. The molecule has 122 valence electrons. The quantitative estimate of drug-likeness (QED) is 0.918. The number of H-pyrrole nitrogens is 1. The number of halogens is 1. The number of hydrogen-bond acceptors (Lipinski definition) is 3. The van der Waals surface area contributed by atoms with E-state index in [0.29, 0.717) is 37.7 Å². The normalized spacial score (nSPS) is 20.5. The Morgan fingerprint density at radius 2 is 2.00 bits per heavy atom. The van der Waals surface area contributed by atoms with E-state index < -0.39 is 5.79 Å². The van der Waals surface area contributed by atoms with Crippen LogP contribution in [0.15, 0.2) is 24.4 Å². The standard InChI is InChI=1S/C17H19ClN2O3/c18-13-2-1-3-14-16(13)12(11-19-14)10-15(21)20-6-4-17(5-7-20)22-8-9-23-17/h1-3,11,19H,4-10H2. The Morgan fingerprint density at radius 3 is 2.74 bits per heavy atom.